The van der Waals surface area contributed by atoms with Crippen LogP contribution in [0.25, 0.3) is 0 Å². The maximum absolute atomic E-state index is 11.2. The number of hydrogen-bond acceptors (Lipinski definition) is 1. The van der Waals surface area contributed by atoms with Crippen LogP contribution < -0.4 is 0 Å². The summed E-state index contributed by atoms with van der Waals surface area (Å²) in [5.41, 5.74) is 0. The van der Waals surface area contributed by atoms with E-state index in [1.54, 1.807) is 0 Å². The van der Waals surface area contributed by atoms with E-state index in [4.69, 9.17) is 0 Å². The van der Waals surface area contributed by atoms with Crippen LogP contribution in [0.2, 0.25) is 0 Å². The van der Waals surface area contributed by atoms with Gasteiger partial charge in [0, 0.05) is 12.8 Å². The quantitative estimate of drug-likeness (QED) is 0.571. The van der Waals surface area contributed by atoms with E-state index >= 15 is 0 Å². The topological polar surface area (TPSA) is 17.1 Å². The summed E-state index contributed by atoms with van der Waals surface area (Å²) in [6, 6.07) is 0. The van der Waals surface area contributed by atoms with Crippen LogP contribution in [0.5, 0.6) is 0 Å². The van der Waals surface area contributed by atoms with Gasteiger partial charge in [0.15, 0.2) is 0 Å². The smallest absolute Gasteiger partial charge is 0.132 e. The first-order chi connectivity index (χ1) is 5.70. The lowest BCUT2D eigenvalue weighted by atomic mass is 9.99. The van der Waals surface area contributed by atoms with Crippen molar-refractivity contribution in [2.75, 3.05) is 0 Å². The molecule has 0 fully saturated rings. The van der Waals surface area contributed by atoms with Gasteiger partial charge in [-0.3, -0.25) is 4.79 Å². The predicted octanol–water partition coefficient (Wildman–Crippen LogP) is 3.57. The summed E-state index contributed by atoms with van der Waals surface area (Å²) in [4.78, 5) is 11.2. The van der Waals surface area contributed by atoms with Crippen molar-refractivity contribution in [2.24, 2.45) is 5.92 Å². The summed E-state index contributed by atoms with van der Waals surface area (Å²) in [7, 11) is 0. The molecule has 0 N–H and O–H groups in total. The minimum Gasteiger partial charge on any atom is -0.300 e. The van der Waals surface area contributed by atoms with Crippen molar-refractivity contribution < 1.29 is 4.79 Å². The zero-order valence-corrected chi connectivity index (χ0v) is 8.73. The molecule has 1 atom stereocenters. The first-order valence-electron chi connectivity index (χ1n) is 5.22. The molecule has 0 amide bonds. The fourth-order valence-corrected chi connectivity index (χ4v) is 1.11. The van der Waals surface area contributed by atoms with Gasteiger partial charge < -0.3 is 0 Å². The summed E-state index contributed by atoms with van der Waals surface area (Å²) in [5.74, 6) is 1.17. The molecule has 1 unspecified atom stereocenters. The highest BCUT2D eigenvalue weighted by Gasteiger charge is 2.04. The van der Waals surface area contributed by atoms with Crippen LogP contribution in [0.15, 0.2) is 0 Å². The lowest BCUT2D eigenvalue weighted by molar-refractivity contribution is -0.119. The van der Waals surface area contributed by atoms with Gasteiger partial charge in [0.2, 0.25) is 0 Å². The van der Waals surface area contributed by atoms with Crippen molar-refractivity contribution in [1.29, 1.82) is 0 Å². The lowest BCUT2D eigenvalue weighted by Gasteiger charge is -2.06. The molecular formula is C11H22O. The Labute approximate surface area is 76.6 Å². The first-order valence-corrected chi connectivity index (χ1v) is 5.22. The van der Waals surface area contributed by atoms with Crippen LogP contribution in [0.4, 0.5) is 0 Å². The third kappa shape index (κ3) is 6.38. The molecule has 0 spiro atoms. The monoisotopic (exact) mass is 170 g/mol. The molecule has 0 aliphatic rings. The van der Waals surface area contributed by atoms with E-state index < -0.39 is 0 Å². The molecule has 0 aromatic heterocycles. The van der Waals surface area contributed by atoms with Crippen LogP contribution in [0, 0.1) is 5.92 Å². The van der Waals surface area contributed by atoms with Crippen molar-refractivity contribution in [2.45, 2.75) is 59.3 Å². The maximum Gasteiger partial charge on any atom is 0.132 e. The average molecular weight is 170 g/mol. The Bertz CT molecular complexity index is 118. The molecule has 0 radical (unpaired) electrons. The number of rotatable bonds is 7. The van der Waals surface area contributed by atoms with Gasteiger partial charge in [0.25, 0.3) is 0 Å². The van der Waals surface area contributed by atoms with Crippen LogP contribution in [0.1, 0.15) is 59.3 Å². The molecule has 0 aromatic carbocycles. The van der Waals surface area contributed by atoms with Gasteiger partial charge in [0.1, 0.15) is 5.78 Å². The van der Waals surface area contributed by atoms with Crippen LogP contribution >= 0.6 is 0 Å². The summed E-state index contributed by atoms with van der Waals surface area (Å²) in [6.45, 7) is 6.52. The fourth-order valence-electron chi connectivity index (χ4n) is 1.11. The Morgan fingerprint density at radius 1 is 1.25 bits per heavy atom. The van der Waals surface area contributed by atoms with Crippen molar-refractivity contribution in [3.8, 4) is 0 Å². The highest BCUT2D eigenvalue weighted by Crippen LogP contribution is 2.11. The van der Waals surface area contributed by atoms with Crippen LogP contribution in [-0.2, 0) is 4.79 Å². The lowest BCUT2D eigenvalue weighted by Crippen LogP contribution is -2.01. The SMILES string of the molecule is CCCCC(=O)CCC(C)CC. The largest absolute Gasteiger partial charge is 0.300 e. The molecule has 0 saturated carbocycles. The Morgan fingerprint density at radius 3 is 2.42 bits per heavy atom. The van der Waals surface area contributed by atoms with Crippen LogP contribution in [0.3, 0.4) is 0 Å². The van der Waals surface area contributed by atoms with Gasteiger partial charge in [-0.05, 0) is 18.8 Å². The van der Waals surface area contributed by atoms with E-state index in [0.717, 1.165) is 38.0 Å². The number of unbranched alkanes of at least 4 members (excludes halogenated alkanes) is 1. The van der Waals surface area contributed by atoms with E-state index in [9.17, 15) is 4.79 Å². The maximum atomic E-state index is 11.2. The number of carbonyl (C=O) groups excluding carboxylic acids is 1. The second kappa shape index (κ2) is 7.33. The minimum absolute atomic E-state index is 0.456. The number of carbonyl (C=O) groups is 1. The molecule has 0 aliphatic carbocycles. The zero-order valence-electron chi connectivity index (χ0n) is 8.73. The molecule has 72 valence electrons. The van der Waals surface area contributed by atoms with Gasteiger partial charge in [-0.15, -0.1) is 0 Å². The summed E-state index contributed by atoms with van der Waals surface area (Å²) < 4.78 is 0. The Kier molecular flexibility index (Phi) is 7.12. The van der Waals surface area contributed by atoms with E-state index in [0.29, 0.717) is 5.78 Å². The van der Waals surface area contributed by atoms with E-state index in [1.807, 2.05) is 0 Å². The van der Waals surface area contributed by atoms with Gasteiger partial charge in [-0.1, -0.05) is 33.6 Å². The molecule has 0 saturated heterocycles. The average Bonchev–Trinajstić information content (AvgIpc) is 2.10. The van der Waals surface area contributed by atoms with Crippen LogP contribution in [-0.4, -0.2) is 5.78 Å². The number of Topliss-reactive ketones (excluding diaryl/α,β-unsaturated/α-hetero) is 1. The highest BCUT2D eigenvalue weighted by molar-refractivity contribution is 5.78. The van der Waals surface area contributed by atoms with Gasteiger partial charge >= 0.3 is 0 Å². The van der Waals surface area contributed by atoms with E-state index in [2.05, 4.69) is 20.8 Å². The van der Waals surface area contributed by atoms with Gasteiger partial charge in [0.05, 0.1) is 0 Å². The molecule has 1 nitrogen and oxygen atoms in total. The highest BCUT2D eigenvalue weighted by atomic mass is 16.1. The molecule has 0 bridgehead atoms. The number of ketones is 1. The van der Waals surface area contributed by atoms with Crippen molar-refractivity contribution in [3.05, 3.63) is 0 Å². The Morgan fingerprint density at radius 2 is 1.92 bits per heavy atom. The van der Waals surface area contributed by atoms with Crippen molar-refractivity contribution in [1.82, 2.24) is 0 Å². The van der Waals surface area contributed by atoms with Crippen molar-refractivity contribution >= 4 is 5.78 Å². The summed E-state index contributed by atoms with van der Waals surface area (Å²) >= 11 is 0. The molecular weight excluding hydrogens is 148 g/mol. The van der Waals surface area contributed by atoms with E-state index in [-0.39, 0.29) is 0 Å². The molecule has 0 aromatic rings. The second-order valence-corrected chi connectivity index (χ2v) is 3.69. The third-order valence-corrected chi connectivity index (χ3v) is 2.42. The summed E-state index contributed by atoms with van der Waals surface area (Å²) in [5, 5.41) is 0. The summed E-state index contributed by atoms with van der Waals surface area (Å²) in [6.07, 6.45) is 6.08. The van der Waals surface area contributed by atoms with Gasteiger partial charge in [-0.25, -0.2) is 0 Å². The number of hydrogen-bond donors (Lipinski definition) is 0. The van der Waals surface area contributed by atoms with E-state index in [1.165, 1.54) is 6.42 Å². The zero-order chi connectivity index (χ0) is 9.40. The normalized spacial score (nSPS) is 12.9. The minimum atomic E-state index is 0.456. The second-order valence-electron chi connectivity index (χ2n) is 3.69. The predicted molar refractivity (Wildman–Crippen MR) is 53.2 cm³/mol. The standard InChI is InChI=1S/C11H22O/c1-4-6-7-11(12)9-8-10(3)5-2/h10H,4-9H2,1-3H3. The molecule has 12 heavy (non-hydrogen) atoms. The Hall–Kier alpha value is -0.330. The first kappa shape index (κ1) is 11.7. The van der Waals surface area contributed by atoms with Gasteiger partial charge in [-0.2, -0.15) is 0 Å². The molecule has 0 aliphatic heterocycles. The molecule has 0 heterocycles. The Balaban J connectivity index is 3.31. The van der Waals surface area contributed by atoms with Crippen molar-refractivity contribution in [3.63, 3.8) is 0 Å². The third-order valence-electron chi connectivity index (χ3n) is 2.42. The molecule has 0 rings (SSSR count). The molecule has 1 heteroatoms. The fraction of sp³-hybridized carbons (Fsp3) is 0.909.